The molecule has 2 aromatic heterocycles. The molecule has 146 valence electrons. The van der Waals surface area contributed by atoms with E-state index >= 15 is 0 Å². The van der Waals surface area contributed by atoms with Gasteiger partial charge in [-0.2, -0.15) is 0 Å². The summed E-state index contributed by atoms with van der Waals surface area (Å²) in [6.45, 7) is 0. The molecule has 0 aliphatic rings. The highest BCUT2D eigenvalue weighted by Crippen LogP contribution is 2.18. The Bertz CT molecular complexity index is 1190. The van der Waals surface area contributed by atoms with E-state index in [4.69, 9.17) is 4.42 Å². The lowest BCUT2D eigenvalue weighted by molar-refractivity contribution is -0.116. The van der Waals surface area contributed by atoms with Crippen LogP contribution in [0.5, 0.6) is 0 Å². The van der Waals surface area contributed by atoms with E-state index < -0.39 is 0 Å². The molecule has 4 rings (SSSR count). The number of aryl methyl sites for hydroxylation is 1. The highest BCUT2D eigenvalue weighted by Gasteiger charge is 2.10. The van der Waals surface area contributed by atoms with Gasteiger partial charge in [0.15, 0.2) is 0 Å². The lowest BCUT2D eigenvalue weighted by Crippen LogP contribution is -2.12. The molecule has 0 fully saturated rings. The fraction of sp³-hybridized carbons (Fsp3) is 0.0833. The Morgan fingerprint density at radius 2 is 1.80 bits per heavy atom. The van der Waals surface area contributed by atoms with Crippen molar-refractivity contribution in [3.8, 4) is 23.3 Å². The number of anilines is 1. The molecule has 4 aromatic rings. The molecule has 0 aliphatic carbocycles. The van der Waals surface area contributed by atoms with Crippen LogP contribution >= 0.6 is 0 Å². The van der Waals surface area contributed by atoms with Gasteiger partial charge in [-0.15, -0.1) is 10.2 Å². The summed E-state index contributed by atoms with van der Waals surface area (Å²) < 4.78 is 5.64. The van der Waals surface area contributed by atoms with Crippen molar-refractivity contribution in [3.63, 3.8) is 0 Å². The molecule has 0 spiro atoms. The fourth-order valence-corrected chi connectivity index (χ4v) is 2.74. The summed E-state index contributed by atoms with van der Waals surface area (Å²) in [6.07, 6.45) is 2.30. The minimum Gasteiger partial charge on any atom is -0.421 e. The highest BCUT2D eigenvalue weighted by molar-refractivity contribution is 5.90. The van der Waals surface area contributed by atoms with Crippen molar-refractivity contribution in [1.82, 2.24) is 15.2 Å². The van der Waals surface area contributed by atoms with E-state index in [1.807, 2.05) is 72.8 Å². The van der Waals surface area contributed by atoms with Crippen molar-refractivity contribution >= 4 is 11.6 Å². The van der Waals surface area contributed by atoms with Gasteiger partial charge in [-0.3, -0.25) is 4.79 Å². The third-order valence-electron chi connectivity index (χ3n) is 4.20. The van der Waals surface area contributed by atoms with Gasteiger partial charge in [0.2, 0.25) is 17.7 Å². The normalized spacial score (nSPS) is 10.1. The molecule has 1 amide bonds. The van der Waals surface area contributed by atoms with Crippen molar-refractivity contribution in [2.75, 3.05) is 5.32 Å². The Morgan fingerprint density at radius 1 is 0.933 bits per heavy atom. The maximum absolute atomic E-state index is 12.3. The first kappa shape index (κ1) is 19.1. The van der Waals surface area contributed by atoms with Gasteiger partial charge in [0.05, 0.1) is 0 Å². The summed E-state index contributed by atoms with van der Waals surface area (Å²) in [4.78, 5) is 16.5. The van der Waals surface area contributed by atoms with Crippen molar-refractivity contribution in [3.05, 3.63) is 96.1 Å². The zero-order chi connectivity index (χ0) is 20.6. The number of rotatable bonds is 5. The first-order valence-electron chi connectivity index (χ1n) is 9.47. The monoisotopic (exact) mass is 394 g/mol. The van der Waals surface area contributed by atoms with Gasteiger partial charge in [0.1, 0.15) is 5.69 Å². The van der Waals surface area contributed by atoms with Gasteiger partial charge in [-0.25, -0.2) is 4.98 Å². The lowest BCUT2D eigenvalue weighted by atomic mass is 10.2. The van der Waals surface area contributed by atoms with Crippen LogP contribution in [0.4, 0.5) is 5.69 Å². The van der Waals surface area contributed by atoms with Crippen molar-refractivity contribution in [2.24, 2.45) is 0 Å². The quantitative estimate of drug-likeness (QED) is 0.516. The van der Waals surface area contributed by atoms with Crippen LogP contribution in [0.3, 0.4) is 0 Å². The zero-order valence-corrected chi connectivity index (χ0v) is 16.1. The van der Waals surface area contributed by atoms with E-state index in [0.29, 0.717) is 29.6 Å². The number of pyridine rings is 1. The molecular formula is C24H18N4O2. The molecule has 6 nitrogen and oxygen atoms in total. The Balaban J connectivity index is 1.34. The van der Waals surface area contributed by atoms with Crippen LogP contribution in [0.25, 0.3) is 11.5 Å². The Morgan fingerprint density at radius 3 is 2.63 bits per heavy atom. The third kappa shape index (κ3) is 5.18. The van der Waals surface area contributed by atoms with Gasteiger partial charge in [-0.05, 0) is 48.4 Å². The first-order valence-corrected chi connectivity index (χ1v) is 9.47. The Labute approximate surface area is 174 Å². The molecule has 2 aromatic carbocycles. The summed E-state index contributed by atoms with van der Waals surface area (Å²) in [5.41, 5.74) is 3.02. The van der Waals surface area contributed by atoms with Crippen LogP contribution in [-0.4, -0.2) is 21.1 Å². The van der Waals surface area contributed by atoms with E-state index in [1.165, 1.54) is 0 Å². The number of carbonyl (C=O) groups is 1. The summed E-state index contributed by atoms with van der Waals surface area (Å²) in [5, 5.41) is 10.9. The van der Waals surface area contributed by atoms with Gasteiger partial charge in [-0.1, -0.05) is 36.3 Å². The second-order valence-corrected chi connectivity index (χ2v) is 6.46. The molecule has 0 saturated carbocycles. The van der Waals surface area contributed by atoms with Crippen LogP contribution in [-0.2, 0) is 11.2 Å². The number of hydrogen-bond acceptors (Lipinski definition) is 5. The molecule has 0 saturated heterocycles. The Kier molecular flexibility index (Phi) is 5.92. The SMILES string of the molecule is O=C(CCc1nnc(-c2ccccc2)o1)Nc1cccc(C#Cc2ccccn2)c1. The number of hydrogen-bond donors (Lipinski definition) is 1. The second-order valence-electron chi connectivity index (χ2n) is 6.46. The van der Waals surface area contributed by atoms with Crippen LogP contribution in [0.1, 0.15) is 23.6 Å². The summed E-state index contributed by atoms with van der Waals surface area (Å²) in [5.74, 6) is 6.80. The minimum absolute atomic E-state index is 0.135. The summed E-state index contributed by atoms with van der Waals surface area (Å²) in [7, 11) is 0. The molecule has 0 unspecified atom stereocenters. The van der Waals surface area contributed by atoms with Gasteiger partial charge in [0, 0.05) is 35.9 Å². The molecule has 0 aliphatic heterocycles. The number of carbonyl (C=O) groups excluding carboxylic acids is 1. The summed E-state index contributed by atoms with van der Waals surface area (Å²) >= 11 is 0. The van der Waals surface area contributed by atoms with Crippen LogP contribution in [0.2, 0.25) is 0 Å². The van der Waals surface area contributed by atoms with Gasteiger partial charge >= 0.3 is 0 Å². The number of aromatic nitrogens is 3. The lowest BCUT2D eigenvalue weighted by Gasteiger charge is -2.04. The molecule has 30 heavy (non-hydrogen) atoms. The summed E-state index contributed by atoms with van der Waals surface area (Å²) in [6, 6.07) is 22.5. The van der Waals surface area contributed by atoms with Crippen LogP contribution < -0.4 is 5.32 Å². The first-order chi connectivity index (χ1) is 14.8. The van der Waals surface area contributed by atoms with E-state index in [2.05, 4.69) is 32.3 Å². The number of benzene rings is 2. The van der Waals surface area contributed by atoms with Crippen molar-refractivity contribution in [1.29, 1.82) is 0 Å². The molecule has 6 heteroatoms. The van der Waals surface area contributed by atoms with E-state index in [0.717, 1.165) is 11.1 Å². The molecule has 2 heterocycles. The minimum atomic E-state index is -0.135. The van der Waals surface area contributed by atoms with Gasteiger partial charge < -0.3 is 9.73 Å². The van der Waals surface area contributed by atoms with Crippen molar-refractivity contribution < 1.29 is 9.21 Å². The van der Waals surface area contributed by atoms with E-state index in [-0.39, 0.29) is 12.3 Å². The number of amides is 1. The van der Waals surface area contributed by atoms with Crippen molar-refractivity contribution in [2.45, 2.75) is 12.8 Å². The maximum Gasteiger partial charge on any atom is 0.247 e. The maximum atomic E-state index is 12.3. The van der Waals surface area contributed by atoms with Crippen LogP contribution in [0.15, 0.2) is 83.4 Å². The van der Waals surface area contributed by atoms with Gasteiger partial charge in [0.25, 0.3) is 0 Å². The molecule has 1 N–H and O–H groups in total. The predicted molar refractivity (Wildman–Crippen MR) is 113 cm³/mol. The molecule has 0 atom stereocenters. The van der Waals surface area contributed by atoms with E-state index in [9.17, 15) is 4.79 Å². The number of nitrogens with one attached hydrogen (secondary N) is 1. The van der Waals surface area contributed by atoms with E-state index in [1.54, 1.807) is 6.20 Å². The third-order valence-corrected chi connectivity index (χ3v) is 4.20. The number of nitrogens with zero attached hydrogens (tertiary/aromatic N) is 3. The fourth-order valence-electron chi connectivity index (χ4n) is 2.74. The predicted octanol–water partition coefficient (Wildman–Crippen LogP) is 4.10. The molecule has 0 radical (unpaired) electrons. The second kappa shape index (κ2) is 9.30. The molecular weight excluding hydrogens is 376 g/mol. The smallest absolute Gasteiger partial charge is 0.247 e. The highest BCUT2D eigenvalue weighted by atomic mass is 16.4. The standard InChI is InChI=1S/C24H18N4O2/c29-22(14-15-23-27-28-24(30-23)19-8-2-1-3-9-19)26-21-11-6-7-18(17-21)12-13-20-10-4-5-16-25-20/h1-11,16-17H,14-15H2,(H,26,29). The Hall–Kier alpha value is -4.24. The average molecular weight is 394 g/mol. The topological polar surface area (TPSA) is 80.9 Å². The average Bonchev–Trinajstić information content (AvgIpc) is 3.27. The largest absolute Gasteiger partial charge is 0.421 e. The zero-order valence-electron chi connectivity index (χ0n) is 16.1. The van der Waals surface area contributed by atoms with Crippen LogP contribution in [0, 0.1) is 11.8 Å². The molecule has 0 bridgehead atoms.